The van der Waals surface area contributed by atoms with Crippen LogP contribution in [0.25, 0.3) is 11.3 Å². The Bertz CT molecular complexity index is 1080. The third-order valence-electron chi connectivity index (χ3n) is 5.66. The van der Waals surface area contributed by atoms with E-state index in [2.05, 4.69) is 16.9 Å². The van der Waals surface area contributed by atoms with E-state index >= 15 is 0 Å². The minimum Gasteiger partial charge on any atom is -0.495 e. The number of nitrogens with zero attached hydrogens (tertiary/aromatic N) is 4. The maximum absolute atomic E-state index is 13.1. The molecule has 7 nitrogen and oxygen atoms in total. The average Bonchev–Trinajstić information content (AvgIpc) is 3.38. The van der Waals surface area contributed by atoms with Gasteiger partial charge in [-0.2, -0.15) is 5.10 Å². The molecule has 1 aliphatic heterocycles. The summed E-state index contributed by atoms with van der Waals surface area (Å²) in [6, 6.07) is 7.58. The lowest BCUT2D eigenvalue weighted by atomic mass is 10.1. The minimum absolute atomic E-state index is 0.0156. The highest BCUT2D eigenvalue weighted by Gasteiger charge is 2.29. The number of ether oxygens (including phenoxy) is 1. The quantitative estimate of drug-likeness (QED) is 0.558. The normalized spacial score (nSPS) is 16.6. The number of halogens is 2. The Morgan fingerprint density at radius 1 is 1.29 bits per heavy atom. The van der Waals surface area contributed by atoms with Crippen molar-refractivity contribution in [3.8, 4) is 17.0 Å². The SMILES string of the molecule is COc1cc(N2CCN(C(=O)Cn3nc(-c4ccoc4)c(Cl)c3C)C(C)C2)ccc1Cl. The number of carbonyl (C=O) groups is 1. The number of anilines is 1. The standard InChI is InChI=1S/C22H24Cl2N4O3/c1-14-11-26(17-4-5-18(23)19(10-17)30-3)7-8-27(14)20(29)12-28-15(2)21(24)22(25-28)16-6-9-31-13-16/h4-6,9-10,13-14H,7-8,11-12H2,1-3H3. The van der Waals surface area contributed by atoms with Crippen LogP contribution in [0.4, 0.5) is 5.69 Å². The molecule has 3 heterocycles. The topological polar surface area (TPSA) is 63.7 Å². The Balaban J connectivity index is 1.45. The van der Waals surface area contributed by atoms with Crippen molar-refractivity contribution in [3.05, 3.63) is 52.5 Å². The van der Waals surface area contributed by atoms with E-state index < -0.39 is 0 Å². The molecule has 0 bridgehead atoms. The van der Waals surface area contributed by atoms with Crippen molar-refractivity contribution in [1.82, 2.24) is 14.7 Å². The second kappa shape index (κ2) is 8.85. The number of rotatable bonds is 5. The van der Waals surface area contributed by atoms with Gasteiger partial charge in [0.2, 0.25) is 5.91 Å². The summed E-state index contributed by atoms with van der Waals surface area (Å²) in [6.45, 7) is 6.12. The zero-order valence-corrected chi connectivity index (χ0v) is 19.2. The molecule has 164 valence electrons. The van der Waals surface area contributed by atoms with E-state index in [-0.39, 0.29) is 18.5 Å². The fourth-order valence-electron chi connectivity index (χ4n) is 3.89. The molecule has 1 aliphatic rings. The molecule has 1 amide bonds. The van der Waals surface area contributed by atoms with Crippen molar-refractivity contribution in [2.75, 3.05) is 31.6 Å². The lowest BCUT2D eigenvalue weighted by molar-refractivity contribution is -0.134. The van der Waals surface area contributed by atoms with Gasteiger partial charge in [0.05, 0.1) is 35.4 Å². The van der Waals surface area contributed by atoms with Crippen molar-refractivity contribution < 1.29 is 13.9 Å². The predicted octanol–water partition coefficient (Wildman–Crippen LogP) is 4.50. The number of hydrogen-bond acceptors (Lipinski definition) is 5. The van der Waals surface area contributed by atoms with Crippen molar-refractivity contribution in [2.45, 2.75) is 26.4 Å². The summed E-state index contributed by atoms with van der Waals surface area (Å²) in [4.78, 5) is 17.2. The monoisotopic (exact) mass is 462 g/mol. The molecular formula is C22H24Cl2N4O3. The zero-order valence-electron chi connectivity index (χ0n) is 17.6. The van der Waals surface area contributed by atoms with Gasteiger partial charge in [-0.05, 0) is 32.0 Å². The first-order valence-corrected chi connectivity index (χ1v) is 10.8. The van der Waals surface area contributed by atoms with Crippen LogP contribution in [0.15, 0.2) is 41.2 Å². The van der Waals surface area contributed by atoms with Gasteiger partial charge in [-0.25, -0.2) is 0 Å². The molecule has 1 aromatic carbocycles. The van der Waals surface area contributed by atoms with Gasteiger partial charge in [-0.3, -0.25) is 9.48 Å². The molecule has 9 heteroatoms. The van der Waals surface area contributed by atoms with Gasteiger partial charge in [0, 0.05) is 43.0 Å². The van der Waals surface area contributed by atoms with Crippen LogP contribution >= 0.6 is 23.2 Å². The number of methoxy groups -OCH3 is 1. The molecule has 1 atom stereocenters. The Hall–Kier alpha value is -2.64. The zero-order chi connectivity index (χ0) is 22.1. The van der Waals surface area contributed by atoms with E-state index in [0.29, 0.717) is 28.0 Å². The number of carbonyl (C=O) groups excluding carboxylic acids is 1. The van der Waals surface area contributed by atoms with E-state index in [4.69, 9.17) is 32.4 Å². The Morgan fingerprint density at radius 3 is 2.77 bits per heavy atom. The van der Waals surface area contributed by atoms with E-state index in [0.717, 1.165) is 30.0 Å². The van der Waals surface area contributed by atoms with E-state index in [1.54, 1.807) is 30.4 Å². The van der Waals surface area contributed by atoms with E-state index in [1.807, 2.05) is 30.0 Å². The van der Waals surface area contributed by atoms with Crippen molar-refractivity contribution in [3.63, 3.8) is 0 Å². The summed E-state index contributed by atoms with van der Waals surface area (Å²) in [5.41, 5.74) is 3.19. The molecule has 31 heavy (non-hydrogen) atoms. The van der Waals surface area contributed by atoms with Crippen molar-refractivity contribution in [1.29, 1.82) is 0 Å². The van der Waals surface area contributed by atoms with Crippen LogP contribution in [0, 0.1) is 6.92 Å². The van der Waals surface area contributed by atoms with Gasteiger partial charge >= 0.3 is 0 Å². The molecule has 0 radical (unpaired) electrons. The minimum atomic E-state index is 0.0156. The summed E-state index contributed by atoms with van der Waals surface area (Å²) < 4.78 is 12.1. The molecule has 3 aromatic rings. The third kappa shape index (κ3) is 4.25. The van der Waals surface area contributed by atoms with Crippen LogP contribution in [0.3, 0.4) is 0 Å². The summed E-state index contributed by atoms with van der Waals surface area (Å²) in [5, 5.41) is 5.65. The molecule has 1 unspecified atom stereocenters. The lowest BCUT2D eigenvalue weighted by Gasteiger charge is -2.41. The highest BCUT2D eigenvalue weighted by Crippen LogP contribution is 2.31. The van der Waals surface area contributed by atoms with Crippen LogP contribution in [-0.4, -0.2) is 53.4 Å². The number of piperazine rings is 1. The molecule has 2 aromatic heterocycles. The first-order chi connectivity index (χ1) is 14.9. The fraction of sp³-hybridized carbons (Fsp3) is 0.364. The van der Waals surface area contributed by atoms with Crippen LogP contribution in [-0.2, 0) is 11.3 Å². The molecular weight excluding hydrogens is 439 g/mol. The van der Waals surface area contributed by atoms with Gasteiger partial charge in [-0.1, -0.05) is 23.2 Å². The molecule has 0 saturated carbocycles. The van der Waals surface area contributed by atoms with Crippen LogP contribution in [0.1, 0.15) is 12.6 Å². The second-order valence-corrected chi connectivity index (χ2v) is 8.40. The van der Waals surface area contributed by atoms with Gasteiger partial charge in [0.25, 0.3) is 0 Å². The van der Waals surface area contributed by atoms with Gasteiger partial charge < -0.3 is 19.0 Å². The first-order valence-electron chi connectivity index (χ1n) is 10.0. The maximum atomic E-state index is 13.1. The summed E-state index contributed by atoms with van der Waals surface area (Å²) in [6.07, 6.45) is 3.16. The van der Waals surface area contributed by atoms with E-state index in [9.17, 15) is 4.79 Å². The predicted molar refractivity (Wildman–Crippen MR) is 121 cm³/mol. The Labute approximate surface area is 191 Å². The summed E-state index contributed by atoms with van der Waals surface area (Å²) in [5.74, 6) is 0.659. The Morgan fingerprint density at radius 2 is 2.10 bits per heavy atom. The second-order valence-electron chi connectivity index (χ2n) is 7.62. The van der Waals surface area contributed by atoms with Crippen LogP contribution in [0.5, 0.6) is 5.75 Å². The highest BCUT2D eigenvalue weighted by molar-refractivity contribution is 6.33. The Kier molecular flexibility index (Phi) is 6.16. The number of amides is 1. The molecule has 0 N–H and O–H groups in total. The number of benzene rings is 1. The smallest absolute Gasteiger partial charge is 0.244 e. The molecule has 1 fully saturated rings. The number of furan rings is 1. The summed E-state index contributed by atoms with van der Waals surface area (Å²) >= 11 is 12.6. The number of hydrogen-bond donors (Lipinski definition) is 0. The van der Waals surface area contributed by atoms with Gasteiger partial charge in [0.1, 0.15) is 18.0 Å². The molecule has 0 spiro atoms. The first kappa shape index (κ1) is 21.6. The van der Waals surface area contributed by atoms with Crippen molar-refractivity contribution in [2.24, 2.45) is 0 Å². The largest absolute Gasteiger partial charge is 0.495 e. The highest BCUT2D eigenvalue weighted by atomic mass is 35.5. The van der Waals surface area contributed by atoms with Gasteiger partial charge in [0.15, 0.2) is 0 Å². The molecule has 4 rings (SSSR count). The third-order valence-corrected chi connectivity index (χ3v) is 6.43. The number of aromatic nitrogens is 2. The van der Waals surface area contributed by atoms with Crippen LogP contribution < -0.4 is 9.64 Å². The van der Waals surface area contributed by atoms with Gasteiger partial charge in [-0.15, -0.1) is 0 Å². The summed E-state index contributed by atoms with van der Waals surface area (Å²) in [7, 11) is 1.60. The lowest BCUT2D eigenvalue weighted by Crippen LogP contribution is -2.54. The molecule has 1 saturated heterocycles. The van der Waals surface area contributed by atoms with E-state index in [1.165, 1.54) is 0 Å². The maximum Gasteiger partial charge on any atom is 0.244 e. The molecule has 0 aliphatic carbocycles. The fourth-order valence-corrected chi connectivity index (χ4v) is 4.33. The van der Waals surface area contributed by atoms with Crippen molar-refractivity contribution >= 4 is 34.8 Å². The van der Waals surface area contributed by atoms with Crippen LogP contribution in [0.2, 0.25) is 10.0 Å². The average molecular weight is 463 g/mol.